The number of fused-ring (bicyclic) bond motifs is 1. The SMILES string of the molecule is CC1=CC(C(=O)N2CCCCC2)=CC2C=C(c3ccc(C)s3)N=C12. The molecule has 1 atom stereocenters. The molecule has 1 aliphatic carbocycles. The summed E-state index contributed by atoms with van der Waals surface area (Å²) in [4.78, 5) is 22.1. The van der Waals surface area contributed by atoms with Gasteiger partial charge >= 0.3 is 0 Å². The third-order valence-corrected chi connectivity index (χ3v) is 5.94. The Morgan fingerprint density at radius 1 is 1.17 bits per heavy atom. The molecule has 3 aliphatic rings. The van der Waals surface area contributed by atoms with Crippen molar-refractivity contribution in [2.45, 2.75) is 33.1 Å². The first-order valence-electron chi connectivity index (χ1n) is 8.69. The lowest BCUT2D eigenvalue weighted by Gasteiger charge is -2.28. The molecule has 1 amide bonds. The summed E-state index contributed by atoms with van der Waals surface area (Å²) in [6.07, 6.45) is 9.79. The van der Waals surface area contributed by atoms with Gasteiger partial charge in [0.15, 0.2) is 0 Å². The maximum absolute atomic E-state index is 12.8. The fourth-order valence-corrected chi connectivity index (χ4v) is 4.48. The van der Waals surface area contributed by atoms with Crippen molar-refractivity contribution < 1.29 is 4.79 Å². The van der Waals surface area contributed by atoms with Gasteiger partial charge in [0.1, 0.15) is 0 Å². The summed E-state index contributed by atoms with van der Waals surface area (Å²) in [7, 11) is 0. The molecular formula is C20H22N2OS. The van der Waals surface area contributed by atoms with Crippen LogP contribution in [0.4, 0.5) is 0 Å². The Labute approximate surface area is 147 Å². The van der Waals surface area contributed by atoms with Gasteiger partial charge in [-0.1, -0.05) is 6.08 Å². The standard InChI is InChI=1S/C20H22N2OS/c1-13-10-16(20(23)22-8-4-3-5-9-22)11-15-12-17(21-19(13)15)18-7-6-14(2)24-18/h6-7,10-12,15H,3-5,8-9H2,1-2H3. The van der Waals surface area contributed by atoms with Crippen LogP contribution in [0.1, 0.15) is 35.9 Å². The van der Waals surface area contributed by atoms with Crippen LogP contribution in [0, 0.1) is 12.8 Å². The van der Waals surface area contributed by atoms with Gasteiger partial charge in [-0.2, -0.15) is 0 Å². The largest absolute Gasteiger partial charge is 0.339 e. The Morgan fingerprint density at radius 3 is 2.67 bits per heavy atom. The number of piperidine rings is 1. The second kappa shape index (κ2) is 6.17. The number of allylic oxidation sites excluding steroid dienone is 3. The zero-order valence-corrected chi connectivity index (χ0v) is 15.0. The molecule has 3 heterocycles. The van der Waals surface area contributed by atoms with Crippen LogP contribution in [-0.4, -0.2) is 29.6 Å². The van der Waals surface area contributed by atoms with Crippen molar-refractivity contribution >= 4 is 28.7 Å². The van der Waals surface area contributed by atoms with E-state index in [0.29, 0.717) is 0 Å². The minimum atomic E-state index is 0.135. The van der Waals surface area contributed by atoms with E-state index in [1.807, 2.05) is 11.0 Å². The third kappa shape index (κ3) is 2.80. The molecule has 4 heteroatoms. The molecule has 1 fully saturated rings. The van der Waals surface area contributed by atoms with Crippen LogP contribution >= 0.6 is 11.3 Å². The van der Waals surface area contributed by atoms with Crippen molar-refractivity contribution in [3.05, 3.63) is 51.3 Å². The quantitative estimate of drug-likeness (QED) is 0.788. The Bertz CT molecular complexity index is 803. The highest BCUT2D eigenvalue weighted by Gasteiger charge is 2.29. The van der Waals surface area contributed by atoms with Crippen molar-refractivity contribution in [3.63, 3.8) is 0 Å². The van der Waals surface area contributed by atoms with E-state index in [1.54, 1.807) is 11.3 Å². The molecule has 0 saturated carbocycles. The molecule has 1 aromatic heterocycles. The molecule has 0 radical (unpaired) electrons. The summed E-state index contributed by atoms with van der Waals surface area (Å²) >= 11 is 1.77. The van der Waals surface area contributed by atoms with Crippen molar-refractivity contribution in [2.24, 2.45) is 10.9 Å². The maximum atomic E-state index is 12.8. The second-order valence-corrected chi connectivity index (χ2v) is 8.08. The van der Waals surface area contributed by atoms with Crippen molar-refractivity contribution in [1.82, 2.24) is 4.90 Å². The van der Waals surface area contributed by atoms with E-state index in [9.17, 15) is 4.79 Å². The molecule has 2 aliphatic heterocycles. The van der Waals surface area contributed by atoms with Gasteiger partial charge in [-0.05, 0) is 63.0 Å². The smallest absolute Gasteiger partial charge is 0.253 e. The summed E-state index contributed by atoms with van der Waals surface area (Å²) in [6, 6.07) is 4.27. The van der Waals surface area contributed by atoms with Gasteiger partial charge in [0, 0.05) is 29.5 Å². The first-order chi connectivity index (χ1) is 11.6. The Hall–Kier alpha value is -1.94. The third-order valence-electron chi connectivity index (χ3n) is 4.91. The highest BCUT2D eigenvalue weighted by atomic mass is 32.1. The molecule has 124 valence electrons. The minimum absolute atomic E-state index is 0.135. The predicted octanol–water partition coefficient (Wildman–Crippen LogP) is 4.37. The molecule has 1 saturated heterocycles. The summed E-state index contributed by atoms with van der Waals surface area (Å²) < 4.78 is 0. The lowest BCUT2D eigenvalue weighted by atomic mass is 9.89. The Kier molecular flexibility index (Phi) is 4.01. The van der Waals surface area contributed by atoms with E-state index in [-0.39, 0.29) is 11.8 Å². The number of hydrogen-bond donors (Lipinski definition) is 0. The lowest BCUT2D eigenvalue weighted by molar-refractivity contribution is -0.127. The number of aryl methyl sites for hydroxylation is 1. The number of carbonyl (C=O) groups is 1. The number of likely N-dealkylation sites (tertiary alicyclic amines) is 1. The number of rotatable bonds is 2. The first-order valence-corrected chi connectivity index (χ1v) is 9.50. The van der Waals surface area contributed by atoms with Crippen LogP contribution in [0.5, 0.6) is 0 Å². The molecule has 3 nitrogen and oxygen atoms in total. The number of thiophene rings is 1. The van der Waals surface area contributed by atoms with Gasteiger partial charge in [-0.3, -0.25) is 9.79 Å². The van der Waals surface area contributed by atoms with Crippen LogP contribution < -0.4 is 0 Å². The average molecular weight is 338 g/mol. The summed E-state index contributed by atoms with van der Waals surface area (Å²) in [5, 5.41) is 0. The lowest BCUT2D eigenvalue weighted by Crippen LogP contribution is -2.37. The fraction of sp³-hybridized carbons (Fsp3) is 0.400. The topological polar surface area (TPSA) is 32.7 Å². The number of amides is 1. The van der Waals surface area contributed by atoms with E-state index in [2.05, 4.69) is 38.1 Å². The monoisotopic (exact) mass is 338 g/mol. The van der Waals surface area contributed by atoms with Crippen LogP contribution in [0.25, 0.3) is 5.70 Å². The fourth-order valence-electron chi connectivity index (χ4n) is 3.64. The minimum Gasteiger partial charge on any atom is -0.339 e. The van der Waals surface area contributed by atoms with Gasteiger partial charge in [-0.25, -0.2) is 0 Å². The number of hydrogen-bond acceptors (Lipinski definition) is 3. The molecule has 24 heavy (non-hydrogen) atoms. The van der Waals surface area contributed by atoms with E-state index >= 15 is 0 Å². The highest BCUT2D eigenvalue weighted by Crippen LogP contribution is 2.35. The zero-order chi connectivity index (χ0) is 16.7. The van der Waals surface area contributed by atoms with Crippen molar-refractivity contribution in [3.8, 4) is 0 Å². The van der Waals surface area contributed by atoms with Crippen LogP contribution in [0.2, 0.25) is 0 Å². The molecule has 0 bridgehead atoms. The Morgan fingerprint density at radius 2 is 1.96 bits per heavy atom. The van der Waals surface area contributed by atoms with E-state index in [4.69, 9.17) is 4.99 Å². The van der Waals surface area contributed by atoms with Gasteiger partial charge in [0.2, 0.25) is 0 Å². The Balaban J connectivity index is 1.61. The van der Waals surface area contributed by atoms with E-state index in [1.165, 1.54) is 16.2 Å². The number of nitrogens with zero attached hydrogens (tertiary/aromatic N) is 2. The van der Waals surface area contributed by atoms with Gasteiger partial charge < -0.3 is 4.90 Å². The number of carbonyl (C=O) groups excluding carboxylic acids is 1. The van der Waals surface area contributed by atoms with Gasteiger partial charge in [0.05, 0.1) is 16.3 Å². The molecule has 4 rings (SSSR count). The average Bonchev–Trinajstić information content (AvgIpc) is 3.21. The van der Waals surface area contributed by atoms with E-state index < -0.39 is 0 Å². The molecule has 0 spiro atoms. The van der Waals surface area contributed by atoms with Crippen molar-refractivity contribution in [1.29, 1.82) is 0 Å². The van der Waals surface area contributed by atoms with Gasteiger partial charge in [-0.15, -0.1) is 11.3 Å². The molecule has 1 aromatic rings. The summed E-state index contributed by atoms with van der Waals surface area (Å²) in [6.45, 7) is 5.97. The summed E-state index contributed by atoms with van der Waals surface area (Å²) in [5.74, 6) is 0.318. The second-order valence-electron chi connectivity index (χ2n) is 6.79. The van der Waals surface area contributed by atoms with Crippen LogP contribution in [0.3, 0.4) is 0 Å². The molecule has 0 aromatic carbocycles. The molecule has 1 unspecified atom stereocenters. The molecule has 0 N–H and O–H groups in total. The van der Waals surface area contributed by atoms with Crippen LogP contribution in [0.15, 0.2) is 46.5 Å². The number of aliphatic imine (C=N–C) groups is 1. The first kappa shape index (κ1) is 15.6. The van der Waals surface area contributed by atoms with Gasteiger partial charge in [0.25, 0.3) is 5.91 Å². The zero-order valence-electron chi connectivity index (χ0n) is 14.2. The predicted molar refractivity (Wildman–Crippen MR) is 100 cm³/mol. The van der Waals surface area contributed by atoms with E-state index in [0.717, 1.165) is 48.5 Å². The normalized spacial score (nSPS) is 23.2. The maximum Gasteiger partial charge on any atom is 0.253 e. The highest BCUT2D eigenvalue weighted by molar-refractivity contribution is 7.13. The van der Waals surface area contributed by atoms with Crippen LogP contribution in [-0.2, 0) is 4.79 Å². The summed E-state index contributed by atoms with van der Waals surface area (Å²) in [5.41, 5.74) is 4.08. The molecular weight excluding hydrogens is 316 g/mol. The van der Waals surface area contributed by atoms with Crippen molar-refractivity contribution in [2.75, 3.05) is 13.1 Å².